The highest BCUT2D eigenvalue weighted by atomic mass is 35.5. The molecule has 3 atom stereocenters. The first-order valence-electron chi connectivity index (χ1n) is 8.12. The van der Waals surface area contributed by atoms with E-state index in [1.54, 1.807) is 6.07 Å². The zero-order valence-corrected chi connectivity index (χ0v) is 13.2. The first kappa shape index (κ1) is 14.9. The number of likely N-dealkylation sites (tertiary alicyclic amines) is 1. The van der Waals surface area contributed by atoms with Crippen molar-refractivity contribution >= 4 is 23.2 Å². The first-order chi connectivity index (χ1) is 10.2. The quantitative estimate of drug-likeness (QED) is 0.884. The highest BCUT2D eigenvalue weighted by Crippen LogP contribution is 2.28. The molecule has 114 valence electrons. The maximum absolute atomic E-state index is 12.3. The molecule has 0 spiro atoms. The van der Waals surface area contributed by atoms with E-state index in [0.717, 1.165) is 18.2 Å². The van der Waals surface area contributed by atoms with Gasteiger partial charge in [0.1, 0.15) is 0 Å². The summed E-state index contributed by atoms with van der Waals surface area (Å²) >= 11 is 5.95. The van der Waals surface area contributed by atoms with E-state index in [2.05, 4.69) is 5.32 Å². The van der Waals surface area contributed by atoms with Crippen LogP contribution in [-0.2, 0) is 4.79 Å². The Kier molecular flexibility index (Phi) is 4.81. The van der Waals surface area contributed by atoms with Crippen LogP contribution in [0.25, 0.3) is 0 Å². The van der Waals surface area contributed by atoms with Crippen LogP contribution >= 0.6 is 11.6 Å². The number of carbonyl (C=O) groups excluding carboxylic acids is 1. The van der Waals surface area contributed by atoms with Crippen molar-refractivity contribution in [1.29, 1.82) is 0 Å². The fourth-order valence-electron chi connectivity index (χ4n) is 4.06. The van der Waals surface area contributed by atoms with Crippen molar-refractivity contribution in [2.24, 2.45) is 5.92 Å². The third kappa shape index (κ3) is 3.78. The Labute approximate surface area is 131 Å². The van der Waals surface area contributed by atoms with Gasteiger partial charge in [-0.3, -0.25) is 4.79 Å². The van der Waals surface area contributed by atoms with Crippen LogP contribution in [0.2, 0.25) is 5.02 Å². The lowest BCUT2D eigenvalue weighted by molar-refractivity contribution is -0.928. The maximum Gasteiger partial charge on any atom is 0.279 e. The highest BCUT2D eigenvalue weighted by Gasteiger charge is 2.37. The van der Waals surface area contributed by atoms with Crippen LogP contribution < -0.4 is 10.2 Å². The summed E-state index contributed by atoms with van der Waals surface area (Å²) < 4.78 is 0. The molecule has 1 unspecified atom stereocenters. The van der Waals surface area contributed by atoms with Gasteiger partial charge in [0, 0.05) is 16.6 Å². The third-order valence-corrected chi connectivity index (χ3v) is 5.24. The van der Waals surface area contributed by atoms with E-state index in [9.17, 15) is 4.79 Å². The van der Waals surface area contributed by atoms with E-state index in [1.165, 1.54) is 43.4 Å². The molecule has 1 aromatic carbocycles. The van der Waals surface area contributed by atoms with Crippen molar-refractivity contribution in [1.82, 2.24) is 0 Å². The Balaban J connectivity index is 1.58. The minimum atomic E-state index is 0.110. The van der Waals surface area contributed by atoms with Gasteiger partial charge in [-0.15, -0.1) is 0 Å². The van der Waals surface area contributed by atoms with Crippen LogP contribution in [-0.4, -0.2) is 25.0 Å². The van der Waals surface area contributed by atoms with Crippen LogP contribution in [0, 0.1) is 5.92 Å². The van der Waals surface area contributed by atoms with Crippen molar-refractivity contribution in [3.8, 4) is 0 Å². The molecule has 1 saturated carbocycles. The van der Waals surface area contributed by atoms with Crippen molar-refractivity contribution in [3.63, 3.8) is 0 Å². The second-order valence-electron chi connectivity index (χ2n) is 6.44. The number of benzene rings is 1. The number of rotatable bonds is 3. The topological polar surface area (TPSA) is 33.5 Å². The zero-order valence-electron chi connectivity index (χ0n) is 12.4. The van der Waals surface area contributed by atoms with Crippen LogP contribution in [0.3, 0.4) is 0 Å². The summed E-state index contributed by atoms with van der Waals surface area (Å²) in [7, 11) is 0. The van der Waals surface area contributed by atoms with Gasteiger partial charge in [0.2, 0.25) is 0 Å². The van der Waals surface area contributed by atoms with Gasteiger partial charge in [-0.25, -0.2) is 0 Å². The van der Waals surface area contributed by atoms with Crippen molar-refractivity contribution in [2.45, 2.75) is 44.6 Å². The van der Waals surface area contributed by atoms with Crippen LogP contribution in [0.1, 0.15) is 38.5 Å². The maximum atomic E-state index is 12.3. The summed E-state index contributed by atoms with van der Waals surface area (Å²) in [5.74, 6) is 0.958. The van der Waals surface area contributed by atoms with E-state index in [1.807, 2.05) is 18.2 Å². The number of anilines is 1. The number of halogens is 1. The highest BCUT2D eigenvalue weighted by molar-refractivity contribution is 6.30. The average molecular weight is 308 g/mol. The second kappa shape index (κ2) is 6.80. The summed E-state index contributed by atoms with van der Waals surface area (Å²) in [5.41, 5.74) is 0.795. The van der Waals surface area contributed by atoms with E-state index in [-0.39, 0.29) is 5.91 Å². The van der Waals surface area contributed by atoms with Gasteiger partial charge in [-0.05, 0) is 50.3 Å². The molecule has 0 aromatic heterocycles. The number of piperidine rings is 1. The van der Waals surface area contributed by atoms with E-state index in [0.29, 0.717) is 17.6 Å². The number of amides is 1. The standard InChI is InChI=1S/C17H23ClN2O/c18-14-7-3-8-15(11-14)19-17(21)12-20-10-4-6-13-5-1-2-9-16(13)20/h3,7-8,11,13,16H,1-2,4-6,9-10,12H2,(H,19,21)/p+1/t13-,16-/m0/s1. The largest absolute Gasteiger partial charge is 0.324 e. The van der Waals surface area contributed by atoms with Gasteiger partial charge in [-0.2, -0.15) is 0 Å². The molecule has 3 rings (SSSR count). The molecule has 2 fully saturated rings. The molecule has 3 nitrogen and oxygen atoms in total. The number of hydrogen-bond donors (Lipinski definition) is 2. The van der Waals surface area contributed by atoms with Gasteiger partial charge in [0.05, 0.1) is 12.6 Å². The molecule has 1 amide bonds. The van der Waals surface area contributed by atoms with Crippen molar-refractivity contribution < 1.29 is 9.69 Å². The molecule has 2 aliphatic rings. The molecule has 1 heterocycles. The van der Waals surface area contributed by atoms with Crippen LogP contribution in [0.5, 0.6) is 0 Å². The lowest BCUT2D eigenvalue weighted by Crippen LogP contribution is -3.18. The van der Waals surface area contributed by atoms with Gasteiger partial charge in [-0.1, -0.05) is 24.1 Å². The SMILES string of the molecule is O=C(C[NH+]1CCC[C@@H]2CCCC[C@@H]21)Nc1cccc(Cl)c1. The summed E-state index contributed by atoms with van der Waals surface area (Å²) in [6.07, 6.45) is 8.00. The van der Waals surface area contributed by atoms with Gasteiger partial charge >= 0.3 is 0 Å². The zero-order chi connectivity index (χ0) is 14.7. The molecule has 0 radical (unpaired) electrons. The molecule has 0 bridgehead atoms. The molecule has 1 saturated heterocycles. The summed E-state index contributed by atoms with van der Waals surface area (Å²) in [6.45, 7) is 1.73. The van der Waals surface area contributed by atoms with Gasteiger partial charge < -0.3 is 10.2 Å². The minimum absolute atomic E-state index is 0.110. The Morgan fingerprint density at radius 3 is 2.90 bits per heavy atom. The first-order valence-corrected chi connectivity index (χ1v) is 8.50. The molecule has 1 aromatic rings. The van der Waals surface area contributed by atoms with Crippen LogP contribution in [0.15, 0.2) is 24.3 Å². The van der Waals surface area contributed by atoms with E-state index in [4.69, 9.17) is 11.6 Å². The summed E-state index contributed by atoms with van der Waals surface area (Å²) in [5, 5.41) is 3.64. The number of hydrogen-bond acceptors (Lipinski definition) is 1. The normalized spacial score (nSPS) is 28.7. The number of quaternary nitrogens is 1. The molecule has 21 heavy (non-hydrogen) atoms. The molecule has 4 heteroatoms. The number of nitrogens with one attached hydrogen (secondary N) is 2. The lowest BCUT2D eigenvalue weighted by Gasteiger charge is -2.40. The molecule has 2 N–H and O–H groups in total. The molecule has 1 aliphatic heterocycles. The second-order valence-corrected chi connectivity index (χ2v) is 6.87. The third-order valence-electron chi connectivity index (χ3n) is 5.00. The Morgan fingerprint density at radius 2 is 2.05 bits per heavy atom. The Hall–Kier alpha value is -1.06. The van der Waals surface area contributed by atoms with Crippen molar-refractivity contribution in [3.05, 3.63) is 29.3 Å². The van der Waals surface area contributed by atoms with Crippen LogP contribution in [0.4, 0.5) is 5.69 Å². The smallest absolute Gasteiger partial charge is 0.279 e. The predicted molar refractivity (Wildman–Crippen MR) is 85.8 cm³/mol. The number of fused-ring (bicyclic) bond motifs is 1. The molecule has 1 aliphatic carbocycles. The van der Waals surface area contributed by atoms with Gasteiger partial charge in [0.15, 0.2) is 6.54 Å². The van der Waals surface area contributed by atoms with Gasteiger partial charge in [0.25, 0.3) is 5.91 Å². The average Bonchev–Trinajstić information content (AvgIpc) is 2.47. The lowest BCUT2D eigenvalue weighted by atomic mass is 9.78. The molecular weight excluding hydrogens is 284 g/mol. The summed E-state index contributed by atoms with van der Waals surface area (Å²) in [6, 6.07) is 8.08. The fourth-order valence-corrected chi connectivity index (χ4v) is 4.25. The fraction of sp³-hybridized carbons (Fsp3) is 0.588. The number of carbonyl (C=O) groups is 1. The van der Waals surface area contributed by atoms with Crippen molar-refractivity contribution in [2.75, 3.05) is 18.4 Å². The predicted octanol–water partition coefficient (Wildman–Crippen LogP) is 2.52. The Bertz CT molecular complexity index is 503. The summed E-state index contributed by atoms with van der Waals surface area (Å²) in [4.78, 5) is 13.8. The molecular formula is C17H24ClN2O+. The Morgan fingerprint density at radius 1 is 1.24 bits per heavy atom. The minimum Gasteiger partial charge on any atom is -0.324 e. The van der Waals surface area contributed by atoms with E-state index < -0.39 is 0 Å². The van der Waals surface area contributed by atoms with E-state index >= 15 is 0 Å². The monoisotopic (exact) mass is 307 g/mol.